The van der Waals surface area contributed by atoms with Gasteiger partial charge in [0.2, 0.25) is 0 Å². The molecule has 0 unspecified atom stereocenters. The third kappa shape index (κ3) is 1.77. The number of rotatable bonds is 1. The van der Waals surface area contributed by atoms with Gasteiger partial charge in [-0.15, -0.1) is 0 Å². The quantitative estimate of drug-likeness (QED) is 0.590. The first kappa shape index (κ1) is 10.9. The van der Waals surface area contributed by atoms with E-state index in [0.29, 0.717) is 0 Å². The highest BCUT2D eigenvalue weighted by molar-refractivity contribution is 5.86. The molecule has 0 saturated carbocycles. The summed E-state index contributed by atoms with van der Waals surface area (Å²) in [6.07, 6.45) is 3.88. The average Bonchev–Trinajstić information content (AvgIpc) is 2.86. The first-order valence-corrected chi connectivity index (χ1v) is 7.09. The first-order valence-electron chi connectivity index (χ1n) is 7.09. The van der Waals surface area contributed by atoms with Gasteiger partial charge in [-0.3, -0.25) is 0 Å². The van der Waals surface area contributed by atoms with Gasteiger partial charge in [-0.1, -0.05) is 36.4 Å². The van der Waals surface area contributed by atoms with Crippen LogP contribution in [-0.2, 0) is 13.0 Å². The van der Waals surface area contributed by atoms with Gasteiger partial charge in [-0.2, -0.15) is 0 Å². The fourth-order valence-electron chi connectivity index (χ4n) is 3.19. The Labute approximate surface area is 113 Å². The van der Waals surface area contributed by atoms with Crippen molar-refractivity contribution in [2.75, 3.05) is 0 Å². The highest BCUT2D eigenvalue weighted by Crippen LogP contribution is 2.29. The van der Waals surface area contributed by atoms with E-state index in [2.05, 4.69) is 59.2 Å². The molecule has 3 aromatic rings. The van der Waals surface area contributed by atoms with Gasteiger partial charge >= 0.3 is 0 Å². The van der Waals surface area contributed by atoms with E-state index in [1.165, 1.54) is 53.5 Å². The number of fused-ring (bicyclic) bond motifs is 3. The van der Waals surface area contributed by atoms with Gasteiger partial charge in [0.15, 0.2) is 0 Å². The van der Waals surface area contributed by atoms with Crippen LogP contribution in [0.5, 0.6) is 0 Å². The third-order valence-corrected chi connectivity index (χ3v) is 4.16. The first-order chi connectivity index (χ1) is 9.42. The average molecular weight is 247 g/mol. The second-order valence-corrected chi connectivity index (χ2v) is 5.38. The van der Waals surface area contributed by atoms with Crippen LogP contribution in [0.1, 0.15) is 18.5 Å². The molecule has 0 N–H and O–H groups in total. The van der Waals surface area contributed by atoms with Crippen LogP contribution in [0.2, 0.25) is 0 Å². The zero-order valence-electron chi connectivity index (χ0n) is 11.0. The molecule has 94 valence electrons. The van der Waals surface area contributed by atoms with E-state index in [-0.39, 0.29) is 0 Å². The molecule has 1 heteroatoms. The van der Waals surface area contributed by atoms with E-state index in [4.69, 9.17) is 0 Å². The van der Waals surface area contributed by atoms with Gasteiger partial charge in [0.1, 0.15) is 0 Å². The molecule has 0 spiro atoms. The molecule has 2 heterocycles. The summed E-state index contributed by atoms with van der Waals surface area (Å²) in [5, 5.41) is 1.39. The molecular formula is C18H17N. The lowest BCUT2D eigenvalue weighted by molar-refractivity contribution is 0.545. The topological polar surface area (TPSA) is 4.93 Å². The fraction of sp³-hybridized carbons (Fsp3) is 0.222. The molecule has 0 radical (unpaired) electrons. The van der Waals surface area contributed by atoms with Crippen molar-refractivity contribution in [2.45, 2.75) is 25.8 Å². The van der Waals surface area contributed by atoms with E-state index < -0.39 is 0 Å². The predicted octanol–water partition coefficient (Wildman–Crippen LogP) is 4.64. The third-order valence-electron chi connectivity index (χ3n) is 4.16. The molecule has 0 aliphatic carbocycles. The summed E-state index contributed by atoms with van der Waals surface area (Å²) >= 11 is 0. The molecule has 0 atom stereocenters. The highest BCUT2D eigenvalue weighted by Gasteiger charge is 2.12. The SMILES string of the molecule is c1ccc(-c2ccc3c(c2)cc2n3CCCC2)cc1. The van der Waals surface area contributed by atoms with Crippen molar-refractivity contribution in [3.8, 4) is 11.1 Å². The van der Waals surface area contributed by atoms with Gasteiger partial charge in [-0.05, 0) is 48.6 Å². The van der Waals surface area contributed by atoms with Gasteiger partial charge in [0.25, 0.3) is 0 Å². The summed E-state index contributed by atoms with van der Waals surface area (Å²) in [4.78, 5) is 0. The van der Waals surface area contributed by atoms with Crippen LogP contribution in [0.15, 0.2) is 54.6 Å². The van der Waals surface area contributed by atoms with E-state index >= 15 is 0 Å². The molecule has 19 heavy (non-hydrogen) atoms. The van der Waals surface area contributed by atoms with E-state index in [1.54, 1.807) is 0 Å². The Morgan fingerprint density at radius 3 is 2.58 bits per heavy atom. The minimum Gasteiger partial charge on any atom is -0.345 e. The lowest BCUT2D eigenvalue weighted by Crippen LogP contribution is -2.08. The molecule has 0 saturated heterocycles. The zero-order chi connectivity index (χ0) is 12.7. The Morgan fingerprint density at radius 1 is 0.789 bits per heavy atom. The summed E-state index contributed by atoms with van der Waals surface area (Å²) in [6, 6.07) is 19.9. The van der Waals surface area contributed by atoms with Crippen LogP contribution in [0.4, 0.5) is 0 Å². The summed E-state index contributed by atoms with van der Waals surface area (Å²) in [7, 11) is 0. The largest absolute Gasteiger partial charge is 0.345 e. The van der Waals surface area contributed by atoms with Crippen molar-refractivity contribution in [2.24, 2.45) is 0 Å². The zero-order valence-corrected chi connectivity index (χ0v) is 11.0. The Bertz CT molecular complexity index is 722. The molecule has 1 aliphatic heterocycles. The minimum atomic E-state index is 1.18. The summed E-state index contributed by atoms with van der Waals surface area (Å²) in [5.74, 6) is 0. The van der Waals surface area contributed by atoms with Crippen LogP contribution >= 0.6 is 0 Å². The van der Waals surface area contributed by atoms with Gasteiger partial charge in [0, 0.05) is 23.1 Å². The molecule has 1 aliphatic rings. The molecule has 2 aromatic carbocycles. The predicted molar refractivity (Wildman–Crippen MR) is 80.3 cm³/mol. The van der Waals surface area contributed by atoms with Crippen LogP contribution < -0.4 is 0 Å². The van der Waals surface area contributed by atoms with Crippen molar-refractivity contribution in [3.63, 3.8) is 0 Å². The van der Waals surface area contributed by atoms with Gasteiger partial charge in [0.05, 0.1) is 0 Å². The van der Waals surface area contributed by atoms with E-state index in [0.717, 1.165) is 0 Å². The van der Waals surface area contributed by atoms with Crippen molar-refractivity contribution < 1.29 is 0 Å². The van der Waals surface area contributed by atoms with Crippen LogP contribution in [0.25, 0.3) is 22.0 Å². The lowest BCUT2D eigenvalue weighted by Gasteiger charge is -2.15. The number of aryl methyl sites for hydroxylation is 2. The fourth-order valence-corrected chi connectivity index (χ4v) is 3.19. The number of nitrogens with zero attached hydrogens (tertiary/aromatic N) is 1. The Hall–Kier alpha value is -2.02. The monoisotopic (exact) mass is 247 g/mol. The van der Waals surface area contributed by atoms with Crippen molar-refractivity contribution in [3.05, 3.63) is 60.3 Å². The lowest BCUT2D eigenvalue weighted by atomic mass is 10.0. The molecule has 0 bridgehead atoms. The maximum Gasteiger partial charge on any atom is 0.0482 e. The number of benzene rings is 2. The maximum atomic E-state index is 2.49. The molecule has 1 aromatic heterocycles. The molecule has 0 fully saturated rings. The van der Waals surface area contributed by atoms with Gasteiger partial charge < -0.3 is 4.57 Å². The highest BCUT2D eigenvalue weighted by atomic mass is 15.0. The summed E-state index contributed by atoms with van der Waals surface area (Å²) in [6.45, 7) is 1.18. The second kappa shape index (κ2) is 4.27. The molecule has 0 amide bonds. The maximum absolute atomic E-state index is 2.49. The molecular weight excluding hydrogens is 230 g/mol. The van der Waals surface area contributed by atoms with Crippen molar-refractivity contribution in [1.29, 1.82) is 0 Å². The second-order valence-electron chi connectivity index (χ2n) is 5.38. The van der Waals surface area contributed by atoms with Crippen molar-refractivity contribution in [1.82, 2.24) is 4.57 Å². The van der Waals surface area contributed by atoms with Gasteiger partial charge in [-0.25, -0.2) is 0 Å². The number of aromatic nitrogens is 1. The van der Waals surface area contributed by atoms with Crippen LogP contribution in [-0.4, -0.2) is 4.57 Å². The van der Waals surface area contributed by atoms with Crippen LogP contribution in [0, 0.1) is 0 Å². The number of hydrogen-bond acceptors (Lipinski definition) is 0. The molecule has 4 rings (SSSR count). The minimum absolute atomic E-state index is 1.18. The molecule has 1 nitrogen and oxygen atoms in total. The van der Waals surface area contributed by atoms with Crippen LogP contribution in [0.3, 0.4) is 0 Å². The Balaban J connectivity index is 1.88. The summed E-state index contributed by atoms with van der Waals surface area (Å²) in [5.41, 5.74) is 5.52. The van der Waals surface area contributed by atoms with E-state index in [9.17, 15) is 0 Å². The summed E-state index contributed by atoms with van der Waals surface area (Å²) < 4.78 is 2.49. The smallest absolute Gasteiger partial charge is 0.0482 e. The van der Waals surface area contributed by atoms with E-state index in [1.807, 2.05) is 0 Å². The normalized spacial score (nSPS) is 14.5. The number of hydrogen-bond donors (Lipinski definition) is 0. The van der Waals surface area contributed by atoms with Crippen molar-refractivity contribution >= 4 is 10.9 Å². The Morgan fingerprint density at radius 2 is 1.68 bits per heavy atom. The standard InChI is InChI=1S/C18H17N/c1-2-6-14(7-3-1)15-9-10-18-16(12-15)13-17-8-4-5-11-19(17)18/h1-3,6-7,9-10,12-13H,4-5,8,11H2. The Kier molecular flexibility index (Phi) is 2.44.